The van der Waals surface area contributed by atoms with Gasteiger partial charge in [0.2, 0.25) is 0 Å². The number of nitrogens with one attached hydrogen (secondary N) is 1. The summed E-state index contributed by atoms with van der Waals surface area (Å²) < 4.78 is 2.05. The van der Waals surface area contributed by atoms with Crippen LogP contribution in [0.3, 0.4) is 0 Å². The number of carbonyl (C=O) groups is 1. The summed E-state index contributed by atoms with van der Waals surface area (Å²) in [7, 11) is 2.00. The van der Waals surface area contributed by atoms with Gasteiger partial charge in [0.15, 0.2) is 0 Å². The molecule has 0 aliphatic carbocycles. The summed E-state index contributed by atoms with van der Waals surface area (Å²) in [6.07, 6.45) is 2.96. The first-order valence-electron chi connectivity index (χ1n) is 5.66. The normalized spacial score (nSPS) is 25.6. The maximum Gasteiger partial charge on any atom is 0.308 e. The van der Waals surface area contributed by atoms with Gasteiger partial charge >= 0.3 is 5.97 Å². The number of hydrogen-bond acceptors (Lipinski definition) is 2. The minimum atomic E-state index is -0.696. The van der Waals surface area contributed by atoms with Crippen LogP contribution >= 0.6 is 0 Å². The number of nitrogens with zero attached hydrogens (tertiary/aromatic N) is 1. The molecule has 0 bridgehead atoms. The molecule has 0 radical (unpaired) electrons. The van der Waals surface area contributed by atoms with E-state index in [9.17, 15) is 9.90 Å². The molecule has 4 nitrogen and oxygen atoms in total. The van der Waals surface area contributed by atoms with Crippen molar-refractivity contribution in [2.75, 3.05) is 13.1 Å². The molecule has 2 atom stereocenters. The van der Waals surface area contributed by atoms with Crippen LogP contribution in [0.2, 0.25) is 0 Å². The minimum Gasteiger partial charge on any atom is -0.481 e. The molecule has 0 saturated carbocycles. The lowest BCUT2D eigenvalue weighted by Gasteiger charge is -2.28. The van der Waals surface area contributed by atoms with Gasteiger partial charge in [-0.2, -0.15) is 0 Å². The topological polar surface area (TPSA) is 54.3 Å². The van der Waals surface area contributed by atoms with Gasteiger partial charge in [-0.1, -0.05) is 0 Å². The zero-order chi connectivity index (χ0) is 11.7. The van der Waals surface area contributed by atoms with E-state index in [1.165, 1.54) is 5.69 Å². The first-order valence-corrected chi connectivity index (χ1v) is 5.66. The van der Waals surface area contributed by atoms with Gasteiger partial charge in [0.05, 0.1) is 5.92 Å². The molecule has 2 N–H and O–H groups in total. The Hall–Kier alpha value is -1.29. The van der Waals surface area contributed by atoms with Crippen molar-refractivity contribution >= 4 is 5.97 Å². The van der Waals surface area contributed by atoms with Gasteiger partial charge in [-0.05, 0) is 31.5 Å². The summed E-state index contributed by atoms with van der Waals surface area (Å²) in [4.78, 5) is 11.2. The number of rotatable bonds is 2. The van der Waals surface area contributed by atoms with Gasteiger partial charge in [0, 0.05) is 31.4 Å². The van der Waals surface area contributed by atoms with Crippen molar-refractivity contribution in [1.29, 1.82) is 0 Å². The summed E-state index contributed by atoms with van der Waals surface area (Å²) >= 11 is 0. The number of aromatic nitrogens is 1. The van der Waals surface area contributed by atoms with Crippen molar-refractivity contribution in [3.8, 4) is 0 Å². The predicted octanol–water partition coefficient (Wildman–Crippen LogP) is 1.11. The highest BCUT2D eigenvalue weighted by Gasteiger charge is 2.32. The zero-order valence-electron chi connectivity index (χ0n) is 9.73. The first kappa shape index (κ1) is 11.2. The number of carboxylic acids is 1. The van der Waals surface area contributed by atoms with Crippen molar-refractivity contribution in [2.24, 2.45) is 13.0 Å². The lowest BCUT2D eigenvalue weighted by molar-refractivity contribution is -0.142. The molecule has 2 rings (SSSR count). The molecule has 0 amide bonds. The maximum atomic E-state index is 11.2. The summed E-state index contributed by atoms with van der Waals surface area (Å²) in [6.45, 7) is 3.52. The Morgan fingerprint density at radius 3 is 2.94 bits per heavy atom. The fraction of sp³-hybridized carbons (Fsp3) is 0.583. The van der Waals surface area contributed by atoms with E-state index in [0.29, 0.717) is 6.54 Å². The Bertz CT molecular complexity index is 378. The highest BCUT2D eigenvalue weighted by Crippen LogP contribution is 2.31. The van der Waals surface area contributed by atoms with E-state index in [4.69, 9.17) is 0 Å². The van der Waals surface area contributed by atoms with E-state index in [1.54, 1.807) is 0 Å². The van der Waals surface area contributed by atoms with Crippen LogP contribution in [0.1, 0.15) is 23.6 Å². The second-order valence-corrected chi connectivity index (χ2v) is 4.57. The lowest BCUT2D eigenvalue weighted by Crippen LogP contribution is -2.39. The van der Waals surface area contributed by atoms with Crippen LogP contribution in [0.4, 0.5) is 0 Å². The molecule has 0 spiro atoms. The summed E-state index contributed by atoms with van der Waals surface area (Å²) in [5.41, 5.74) is 2.34. The van der Waals surface area contributed by atoms with Crippen molar-refractivity contribution in [3.05, 3.63) is 23.5 Å². The number of aryl methyl sites for hydroxylation is 2. The quantitative estimate of drug-likeness (QED) is 0.788. The van der Waals surface area contributed by atoms with Gasteiger partial charge in [0.1, 0.15) is 0 Å². The molecule has 1 aromatic heterocycles. The van der Waals surface area contributed by atoms with E-state index in [2.05, 4.69) is 22.1 Å². The van der Waals surface area contributed by atoms with E-state index in [-0.39, 0.29) is 11.8 Å². The van der Waals surface area contributed by atoms with Crippen LogP contribution < -0.4 is 5.32 Å². The Morgan fingerprint density at radius 1 is 1.62 bits per heavy atom. The fourth-order valence-electron chi connectivity index (χ4n) is 2.43. The Balaban J connectivity index is 2.26. The summed E-state index contributed by atoms with van der Waals surface area (Å²) in [6, 6.07) is 2.10. The van der Waals surface area contributed by atoms with Crippen molar-refractivity contribution in [2.45, 2.75) is 19.3 Å². The average Bonchev–Trinajstić information content (AvgIpc) is 2.59. The lowest BCUT2D eigenvalue weighted by atomic mass is 9.82. The average molecular weight is 222 g/mol. The molecule has 1 aliphatic heterocycles. The van der Waals surface area contributed by atoms with Crippen LogP contribution in [-0.4, -0.2) is 28.7 Å². The van der Waals surface area contributed by atoms with E-state index in [0.717, 1.165) is 18.5 Å². The standard InChI is InChI=1S/C12H18N2O2/c1-8-5-9(7-14(8)2)10-3-4-13-6-11(10)12(15)16/h5,7,10-11,13H,3-4,6H2,1-2H3,(H,15,16). The molecule has 1 saturated heterocycles. The molecule has 1 aliphatic rings. The van der Waals surface area contributed by atoms with Crippen LogP contribution in [0.15, 0.2) is 12.3 Å². The van der Waals surface area contributed by atoms with Crippen molar-refractivity contribution < 1.29 is 9.90 Å². The molecule has 4 heteroatoms. The smallest absolute Gasteiger partial charge is 0.308 e. The van der Waals surface area contributed by atoms with Gasteiger partial charge < -0.3 is 15.0 Å². The molecule has 1 fully saturated rings. The molecule has 0 aromatic carbocycles. The first-order chi connectivity index (χ1) is 7.59. The molecule has 88 valence electrons. The third-order valence-electron chi connectivity index (χ3n) is 3.50. The zero-order valence-corrected chi connectivity index (χ0v) is 9.73. The molecule has 1 aromatic rings. The molecular formula is C12H18N2O2. The van der Waals surface area contributed by atoms with Gasteiger partial charge in [0.25, 0.3) is 0 Å². The second kappa shape index (κ2) is 4.29. The van der Waals surface area contributed by atoms with Crippen LogP contribution in [0.5, 0.6) is 0 Å². The molecule has 16 heavy (non-hydrogen) atoms. The number of aliphatic carboxylic acids is 1. The number of piperidine rings is 1. The van der Waals surface area contributed by atoms with Crippen molar-refractivity contribution in [3.63, 3.8) is 0 Å². The van der Waals surface area contributed by atoms with E-state index >= 15 is 0 Å². The molecule has 2 unspecified atom stereocenters. The fourth-order valence-corrected chi connectivity index (χ4v) is 2.43. The van der Waals surface area contributed by atoms with Gasteiger partial charge in [-0.3, -0.25) is 4.79 Å². The second-order valence-electron chi connectivity index (χ2n) is 4.57. The summed E-state index contributed by atoms with van der Waals surface area (Å²) in [5.74, 6) is -0.840. The predicted molar refractivity (Wildman–Crippen MR) is 61.5 cm³/mol. The van der Waals surface area contributed by atoms with Crippen LogP contribution in [0.25, 0.3) is 0 Å². The Labute approximate surface area is 95.3 Å². The number of hydrogen-bond donors (Lipinski definition) is 2. The van der Waals surface area contributed by atoms with E-state index < -0.39 is 5.97 Å². The van der Waals surface area contributed by atoms with Gasteiger partial charge in [-0.15, -0.1) is 0 Å². The highest BCUT2D eigenvalue weighted by molar-refractivity contribution is 5.72. The van der Waals surface area contributed by atoms with Crippen LogP contribution in [0, 0.1) is 12.8 Å². The largest absolute Gasteiger partial charge is 0.481 e. The van der Waals surface area contributed by atoms with Crippen LogP contribution in [-0.2, 0) is 11.8 Å². The number of carboxylic acid groups (broad SMARTS) is 1. The molecule has 2 heterocycles. The third kappa shape index (κ3) is 1.97. The SMILES string of the molecule is Cc1cc(C2CCNCC2C(=O)O)cn1C. The van der Waals surface area contributed by atoms with Crippen molar-refractivity contribution in [1.82, 2.24) is 9.88 Å². The Kier molecular flexibility index (Phi) is 3.01. The molecular weight excluding hydrogens is 204 g/mol. The van der Waals surface area contributed by atoms with Gasteiger partial charge in [-0.25, -0.2) is 0 Å². The van der Waals surface area contributed by atoms with E-state index in [1.807, 2.05) is 14.0 Å². The third-order valence-corrected chi connectivity index (χ3v) is 3.50. The monoisotopic (exact) mass is 222 g/mol. The minimum absolute atomic E-state index is 0.152. The maximum absolute atomic E-state index is 11.2. The highest BCUT2D eigenvalue weighted by atomic mass is 16.4. The summed E-state index contributed by atoms with van der Waals surface area (Å²) in [5, 5.41) is 12.3. The Morgan fingerprint density at radius 2 is 2.38 bits per heavy atom.